The maximum Gasteiger partial charge on any atom is 0.251 e. The van der Waals surface area contributed by atoms with Crippen LogP contribution in [-0.4, -0.2) is 78.7 Å². The second-order valence-electron chi connectivity index (χ2n) is 7.91. The largest absolute Gasteiger partial charge is 0.378 e. The van der Waals surface area contributed by atoms with E-state index < -0.39 is 6.04 Å². The number of amides is 2. The summed E-state index contributed by atoms with van der Waals surface area (Å²) in [6, 6.07) is 6.89. The molecule has 2 aliphatic rings. The fourth-order valence-electron chi connectivity index (χ4n) is 3.99. The maximum absolute atomic E-state index is 13.3. The molecule has 164 valence electrons. The number of thiocarbonyl (C=S) groups is 1. The second kappa shape index (κ2) is 10.7. The van der Waals surface area contributed by atoms with Crippen molar-refractivity contribution in [2.24, 2.45) is 5.92 Å². The van der Waals surface area contributed by atoms with E-state index >= 15 is 0 Å². The molecular formula is C22H32N4O3S. The Labute approximate surface area is 184 Å². The molecule has 2 fully saturated rings. The van der Waals surface area contributed by atoms with Gasteiger partial charge in [0.15, 0.2) is 5.11 Å². The summed E-state index contributed by atoms with van der Waals surface area (Å²) in [5.41, 5.74) is 1.67. The number of likely N-dealkylation sites (tertiary alicyclic amines) is 1. The summed E-state index contributed by atoms with van der Waals surface area (Å²) >= 11 is 5.43. The topological polar surface area (TPSA) is 73.9 Å². The highest BCUT2D eigenvalue weighted by atomic mass is 32.1. The summed E-state index contributed by atoms with van der Waals surface area (Å²) in [4.78, 5) is 30.2. The van der Waals surface area contributed by atoms with Crippen molar-refractivity contribution >= 4 is 29.1 Å². The highest BCUT2D eigenvalue weighted by Gasteiger charge is 2.36. The van der Waals surface area contributed by atoms with Crippen molar-refractivity contribution in [2.75, 3.05) is 45.9 Å². The van der Waals surface area contributed by atoms with Crippen LogP contribution in [0.15, 0.2) is 24.3 Å². The molecule has 1 atom stereocenters. The molecule has 2 N–H and O–H groups in total. The van der Waals surface area contributed by atoms with Crippen LogP contribution in [0.3, 0.4) is 0 Å². The number of morpholine rings is 1. The van der Waals surface area contributed by atoms with Crippen molar-refractivity contribution in [3.8, 4) is 0 Å². The van der Waals surface area contributed by atoms with Gasteiger partial charge in [0, 0.05) is 38.3 Å². The quantitative estimate of drug-likeness (QED) is 0.688. The van der Waals surface area contributed by atoms with Gasteiger partial charge in [0.2, 0.25) is 5.91 Å². The smallest absolute Gasteiger partial charge is 0.251 e. The molecule has 2 amide bonds. The number of benzene rings is 1. The van der Waals surface area contributed by atoms with Gasteiger partial charge in [0.25, 0.3) is 5.91 Å². The van der Waals surface area contributed by atoms with Gasteiger partial charge < -0.3 is 25.2 Å². The molecular weight excluding hydrogens is 400 g/mol. The van der Waals surface area contributed by atoms with E-state index in [-0.39, 0.29) is 17.7 Å². The van der Waals surface area contributed by atoms with Gasteiger partial charge in [-0.1, -0.05) is 17.7 Å². The standard InChI is InChI=1S/C22H32N4O3S/c1-3-23-22(30)26-10-8-17(9-11-26)19(21(28)25-12-14-29-15-13-25)24-20(27)18-6-4-16(2)5-7-18/h4-7,17,19H,3,8-15H2,1-2H3,(H,23,30)(H,24,27). The molecule has 1 aromatic rings. The molecule has 2 heterocycles. The van der Waals surface area contributed by atoms with Crippen LogP contribution >= 0.6 is 12.2 Å². The summed E-state index contributed by atoms with van der Waals surface area (Å²) in [7, 11) is 0. The fraction of sp³-hybridized carbons (Fsp3) is 0.591. The van der Waals surface area contributed by atoms with E-state index in [1.54, 1.807) is 12.1 Å². The molecule has 0 bridgehead atoms. The lowest BCUT2D eigenvalue weighted by molar-refractivity contribution is -0.139. The van der Waals surface area contributed by atoms with Gasteiger partial charge in [-0.3, -0.25) is 9.59 Å². The lowest BCUT2D eigenvalue weighted by atomic mass is 9.88. The van der Waals surface area contributed by atoms with Crippen molar-refractivity contribution in [3.05, 3.63) is 35.4 Å². The zero-order valence-electron chi connectivity index (χ0n) is 17.9. The van der Waals surface area contributed by atoms with Gasteiger partial charge >= 0.3 is 0 Å². The number of piperidine rings is 1. The summed E-state index contributed by atoms with van der Waals surface area (Å²) in [6.07, 6.45) is 1.61. The van der Waals surface area contributed by atoms with Crippen molar-refractivity contribution in [1.82, 2.24) is 20.4 Å². The average Bonchev–Trinajstić information content (AvgIpc) is 2.78. The predicted molar refractivity (Wildman–Crippen MR) is 120 cm³/mol. The fourth-order valence-corrected chi connectivity index (χ4v) is 4.32. The molecule has 8 heteroatoms. The summed E-state index contributed by atoms with van der Waals surface area (Å²) < 4.78 is 5.39. The van der Waals surface area contributed by atoms with Gasteiger partial charge in [-0.2, -0.15) is 0 Å². The molecule has 3 rings (SSSR count). The number of nitrogens with one attached hydrogen (secondary N) is 2. The van der Waals surface area contributed by atoms with Crippen molar-refractivity contribution in [3.63, 3.8) is 0 Å². The van der Waals surface area contributed by atoms with Crippen LogP contribution < -0.4 is 10.6 Å². The normalized spacial score (nSPS) is 18.6. The number of nitrogens with zero attached hydrogens (tertiary/aromatic N) is 2. The van der Waals surface area contributed by atoms with Crippen molar-refractivity contribution in [1.29, 1.82) is 0 Å². The Morgan fingerprint density at radius 3 is 2.33 bits per heavy atom. The molecule has 2 aliphatic heterocycles. The third-order valence-corrected chi connectivity index (χ3v) is 6.22. The van der Waals surface area contributed by atoms with E-state index in [2.05, 4.69) is 15.5 Å². The zero-order valence-corrected chi connectivity index (χ0v) is 18.7. The van der Waals surface area contributed by atoms with E-state index in [1.807, 2.05) is 30.9 Å². The molecule has 1 aromatic carbocycles. The summed E-state index contributed by atoms with van der Waals surface area (Å²) in [5.74, 6) is -0.130. The van der Waals surface area contributed by atoms with E-state index in [1.165, 1.54) is 0 Å². The van der Waals surface area contributed by atoms with Gasteiger partial charge in [-0.25, -0.2) is 0 Å². The Morgan fingerprint density at radius 1 is 1.10 bits per heavy atom. The van der Waals surface area contributed by atoms with E-state index in [9.17, 15) is 9.59 Å². The van der Waals surface area contributed by atoms with E-state index in [0.717, 1.165) is 43.2 Å². The minimum absolute atomic E-state index is 0.00790. The summed E-state index contributed by atoms with van der Waals surface area (Å²) in [6.45, 7) is 8.59. The van der Waals surface area contributed by atoms with E-state index in [0.29, 0.717) is 31.9 Å². The molecule has 0 saturated carbocycles. The van der Waals surface area contributed by atoms with Crippen molar-refractivity contribution < 1.29 is 14.3 Å². The lowest BCUT2D eigenvalue weighted by Crippen LogP contribution is -2.57. The SMILES string of the molecule is CCNC(=S)N1CCC(C(NC(=O)c2ccc(C)cc2)C(=O)N2CCOCC2)CC1. The molecule has 2 saturated heterocycles. The van der Waals surface area contributed by atoms with E-state index in [4.69, 9.17) is 17.0 Å². The highest BCUT2D eigenvalue weighted by Crippen LogP contribution is 2.23. The van der Waals surface area contributed by atoms with Gasteiger partial charge in [0.05, 0.1) is 13.2 Å². The van der Waals surface area contributed by atoms with Gasteiger partial charge in [-0.15, -0.1) is 0 Å². The number of ether oxygens (including phenoxy) is 1. The molecule has 7 nitrogen and oxygen atoms in total. The van der Waals surface area contributed by atoms with Gasteiger partial charge in [-0.05, 0) is 57.0 Å². The molecule has 1 unspecified atom stereocenters. The minimum atomic E-state index is -0.535. The van der Waals surface area contributed by atoms with Crippen molar-refractivity contribution in [2.45, 2.75) is 32.7 Å². The van der Waals surface area contributed by atoms with Crippen LogP contribution in [0.25, 0.3) is 0 Å². The number of rotatable bonds is 5. The number of hydrogen-bond donors (Lipinski definition) is 2. The molecule has 0 aromatic heterocycles. The first-order chi connectivity index (χ1) is 14.5. The number of carbonyl (C=O) groups is 2. The third-order valence-electron chi connectivity index (χ3n) is 5.82. The van der Waals surface area contributed by atoms with Gasteiger partial charge in [0.1, 0.15) is 6.04 Å². The third kappa shape index (κ3) is 5.70. The lowest BCUT2D eigenvalue weighted by Gasteiger charge is -2.39. The number of hydrogen-bond acceptors (Lipinski definition) is 4. The summed E-state index contributed by atoms with van der Waals surface area (Å²) in [5, 5.41) is 7.00. The monoisotopic (exact) mass is 432 g/mol. The molecule has 0 radical (unpaired) electrons. The van der Waals surface area contributed by atoms with Crippen LogP contribution in [-0.2, 0) is 9.53 Å². The maximum atomic E-state index is 13.3. The Hall–Kier alpha value is -2.19. The number of aryl methyl sites for hydroxylation is 1. The Balaban J connectivity index is 1.71. The van der Waals surface area contributed by atoms with Crippen LogP contribution in [0.2, 0.25) is 0 Å². The van der Waals surface area contributed by atoms with Crippen LogP contribution in [0.5, 0.6) is 0 Å². The Bertz CT molecular complexity index is 741. The molecule has 0 aliphatic carbocycles. The van der Waals surface area contributed by atoms with Crippen LogP contribution in [0.4, 0.5) is 0 Å². The first-order valence-corrected chi connectivity index (χ1v) is 11.2. The molecule has 0 spiro atoms. The predicted octanol–water partition coefficient (Wildman–Crippen LogP) is 1.56. The molecule has 30 heavy (non-hydrogen) atoms. The highest BCUT2D eigenvalue weighted by molar-refractivity contribution is 7.80. The van der Waals surface area contributed by atoms with Crippen LogP contribution in [0, 0.1) is 12.8 Å². The minimum Gasteiger partial charge on any atom is -0.378 e. The van der Waals surface area contributed by atoms with Crippen LogP contribution in [0.1, 0.15) is 35.7 Å². The first-order valence-electron chi connectivity index (χ1n) is 10.8. The second-order valence-corrected chi connectivity index (χ2v) is 8.30. The Kier molecular flexibility index (Phi) is 8.04. The Morgan fingerprint density at radius 2 is 1.73 bits per heavy atom. The number of carbonyl (C=O) groups excluding carboxylic acids is 2. The first kappa shape index (κ1) is 22.5. The average molecular weight is 433 g/mol. The zero-order chi connectivity index (χ0) is 21.5.